The fraction of sp³-hybridized carbons (Fsp3) is 0. The third-order valence-corrected chi connectivity index (χ3v) is 5.08. The molecule has 2 heterocycles. The Labute approximate surface area is 138 Å². The van der Waals surface area contributed by atoms with E-state index in [9.17, 15) is 0 Å². The zero-order valence-electron chi connectivity index (χ0n) is 10.7. The minimum atomic E-state index is 0.484. The van der Waals surface area contributed by atoms with Crippen LogP contribution in [-0.4, -0.2) is 9.97 Å². The van der Waals surface area contributed by atoms with E-state index in [-0.39, 0.29) is 0 Å². The van der Waals surface area contributed by atoms with Gasteiger partial charge in [0.15, 0.2) is 5.82 Å². The van der Waals surface area contributed by atoms with Gasteiger partial charge in [-0.2, -0.15) is 0 Å². The maximum absolute atomic E-state index is 6.32. The van der Waals surface area contributed by atoms with Crippen LogP contribution < -0.4 is 0 Å². The first kappa shape index (κ1) is 13.2. The molecule has 0 spiro atoms. The van der Waals surface area contributed by atoms with Gasteiger partial charge in [-0.1, -0.05) is 45.7 Å². The van der Waals surface area contributed by atoms with Gasteiger partial charge in [0.1, 0.15) is 5.15 Å². The Morgan fingerprint density at radius 3 is 2.76 bits per heavy atom. The first-order valence-electron chi connectivity index (χ1n) is 6.32. The second-order valence-electron chi connectivity index (χ2n) is 4.65. The predicted molar refractivity (Wildman–Crippen MR) is 93.1 cm³/mol. The van der Waals surface area contributed by atoms with Crippen LogP contribution in [0.4, 0.5) is 0 Å². The smallest absolute Gasteiger partial charge is 0.162 e. The zero-order valence-corrected chi connectivity index (χ0v) is 13.8. The number of fused-ring (bicyclic) bond motifs is 2. The molecule has 4 aromatic rings. The first-order chi connectivity index (χ1) is 10.2. The molecule has 0 N–H and O–H groups in total. The van der Waals surface area contributed by atoms with Gasteiger partial charge >= 0.3 is 0 Å². The fourth-order valence-electron chi connectivity index (χ4n) is 2.34. The Kier molecular flexibility index (Phi) is 3.17. The summed E-state index contributed by atoms with van der Waals surface area (Å²) in [7, 11) is 0. The molecule has 21 heavy (non-hydrogen) atoms. The van der Waals surface area contributed by atoms with Gasteiger partial charge in [-0.25, -0.2) is 9.97 Å². The summed E-state index contributed by atoms with van der Waals surface area (Å²) in [6.07, 6.45) is 0. The molecule has 2 aromatic heterocycles. The minimum absolute atomic E-state index is 0.484. The van der Waals surface area contributed by atoms with Crippen molar-refractivity contribution in [3.05, 3.63) is 57.5 Å². The van der Waals surface area contributed by atoms with Crippen molar-refractivity contribution in [2.75, 3.05) is 0 Å². The second-order valence-corrected chi connectivity index (χ2v) is 6.83. The highest BCUT2D eigenvalue weighted by atomic mass is 79.9. The molecule has 2 aromatic carbocycles. The molecular weight excluding hydrogens is 368 g/mol. The van der Waals surface area contributed by atoms with E-state index in [0.717, 1.165) is 26.3 Å². The largest absolute Gasteiger partial charge is 0.228 e. The van der Waals surface area contributed by atoms with Crippen LogP contribution in [0.2, 0.25) is 5.15 Å². The number of nitrogens with zero attached hydrogens (tertiary/aromatic N) is 2. The number of rotatable bonds is 1. The van der Waals surface area contributed by atoms with Crippen LogP contribution in [0.5, 0.6) is 0 Å². The topological polar surface area (TPSA) is 25.8 Å². The summed E-state index contributed by atoms with van der Waals surface area (Å²) < 4.78 is 2.20. The summed E-state index contributed by atoms with van der Waals surface area (Å²) in [6.45, 7) is 0. The van der Waals surface area contributed by atoms with Gasteiger partial charge in [0.2, 0.25) is 0 Å². The van der Waals surface area contributed by atoms with Crippen LogP contribution in [0, 0.1) is 0 Å². The quantitative estimate of drug-likeness (QED) is 0.385. The number of hydrogen-bond donors (Lipinski definition) is 0. The molecule has 0 aliphatic heterocycles. The van der Waals surface area contributed by atoms with E-state index in [4.69, 9.17) is 11.6 Å². The average Bonchev–Trinajstić information content (AvgIpc) is 2.90. The molecule has 0 atom stereocenters. The SMILES string of the molecule is Clc1nc(-c2csc3ccccc23)nc2cc(Br)ccc12. The Bertz CT molecular complexity index is 981. The van der Waals surface area contributed by atoms with Crippen molar-refractivity contribution < 1.29 is 0 Å². The second kappa shape index (κ2) is 5.05. The van der Waals surface area contributed by atoms with Crippen molar-refractivity contribution in [2.45, 2.75) is 0 Å². The summed E-state index contributed by atoms with van der Waals surface area (Å²) in [5, 5.41) is 4.59. The number of hydrogen-bond acceptors (Lipinski definition) is 3. The average molecular weight is 376 g/mol. The lowest BCUT2D eigenvalue weighted by Gasteiger charge is -2.04. The highest BCUT2D eigenvalue weighted by Crippen LogP contribution is 2.34. The van der Waals surface area contributed by atoms with Crippen LogP contribution in [0.3, 0.4) is 0 Å². The van der Waals surface area contributed by atoms with Gasteiger partial charge in [0.25, 0.3) is 0 Å². The highest BCUT2D eigenvalue weighted by Gasteiger charge is 2.12. The van der Waals surface area contributed by atoms with Crippen LogP contribution in [0.25, 0.3) is 32.4 Å². The third kappa shape index (κ3) is 2.24. The van der Waals surface area contributed by atoms with Crippen molar-refractivity contribution in [1.29, 1.82) is 0 Å². The molecule has 0 aliphatic rings. The van der Waals surface area contributed by atoms with Gasteiger partial charge in [-0.05, 0) is 24.3 Å². The van der Waals surface area contributed by atoms with Gasteiger partial charge in [-0.15, -0.1) is 11.3 Å². The first-order valence-corrected chi connectivity index (χ1v) is 8.37. The lowest BCUT2D eigenvalue weighted by atomic mass is 10.1. The molecule has 4 rings (SSSR count). The number of aromatic nitrogens is 2. The molecule has 102 valence electrons. The van der Waals surface area contributed by atoms with E-state index in [1.807, 2.05) is 30.3 Å². The Morgan fingerprint density at radius 2 is 1.86 bits per heavy atom. The summed E-state index contributed by atoms with van der Waals surface area (Å²) in [5.74, 6) is 0.669. The lowest BCUT2D eigenvalue weighted by molar-refractivity contribution is 1.23. The number of benzene rings is 2. The predicted octanol–water partition coefficient (Wildman–Crippen LogP) is 5.93. The summed E-state index contributed by atoms with van der Waals surface area (Å²) in [6, 6.07) is 14.1. The molecule has 0 bridgehead atoms. The molecule has 0 amide bonds. The molecule has 0 saturated carbocycles. The van der Waals surface area contributed by atoms with E-state index in [1.165, 1.54) is 4.70 Å². The number of halogens is 2. The molecule has 5 heteroatoms. The fourth-order valence-corrected chi connectivity index (χ4v) is 3.86. The van der Waals surface area contributed by atoms with Gasteiger partial charge in [0.05, 0.1) is 5.52 Å². The zero-order chi connectivity index (χ0) is 14.4. The van der Waals surface area contributed by atoms with Crippen LogP contribution >= 0.6 is 38.9 Å². The van der Waals surface area contributed by atoms with Crippen molar-refractivity contribution in [3.63, 3.8) is 0 Å². The van der Waals surface area contributed by atoms with Gasteiger partial charge in [0, 0.05) is 30.9 Å². The summed E-state index contributed by atoms with van der Waals surface area (Å²) >= 11 is 11.5. The normalized spacial score (nSPS) is 11.3. The van der Waals surface area contributed by atoms with E-state index >= 15 is 0 Å². The van der Waals surface area contributed by atoms with E-state index in [1.54, 1.807) is 11.3 Å². The summed E-state index contributed by atoms with van der Waals surface area (Å²) in [5.41, 5.74) is 1.87. The van der Waals surface area contributed by atoms with Crippen molar-refractivity contribution >= 4 is 59.9 Å². The Morgan fingerprint density at radius 1 is 1.00 bits per heavy atom. The molecule has 2 nitrogen and oxygen atoms in total. The molecule has 0 unspecified atom stereocenters. The Hall–Kier alpha value is -1.49. The lowest BCUT2D eigenvalue weighted by Crippen LogP contribution is -1.91. The third-order valence-electron chi connectivity index (χ3n) is 3.33. The van der Waals surface area contributed by atoms with E-state index < -0.39 is 0 Å². The maximum Gasteiger partial charge on any atom is 0.162 e. The molecular formula is C16H8BrClN2S. The van der Waals surface area contributed by atoms with Crippen LogP contribution in [0.1, 0.15) is 0 Å². The van der Waals surface area contributed by atoms with Gasteiger partial charge in [-0.3, -0.25) is 0 Å². The standard InChI is InChI=1S/C16H8BrClN2S/c17-9-5-6-11-13(7-9)19-16(20-15(11)18)12-8-21-14-4-2-1-3-10(12)14/h1-8H. The van der Waals surface area contributed by atoms with Crippen LogP contribution in [0.15, 0.2) is 52.3 Å². The van der Waals surface area contributed by atoms with E-state index in [0.29, 0.717) is 11.0 Å². The van der Waals surface area contributed by atoms with E-state index in [2.05, 4.69) is 43.4 Å². The van der Waals surface area contributed by atoms with Crippen molar-refractivity contribution in [3.8, 4) is 11.4 Å². The minimum Gasteiger partial charge on any atom is -0.228 e. The molecule has 0 fully saturated rings. The molecule has 0 aliphatic carbocycles. The summed E-state index contributed by atoms with van der Waals surface area (Å²) in [4.78, 5) is 9.14. The maximum atomic E-state index is 6.32. The number of thiophene rings is 1. The molecule has 0 radical (unpaired) electrons. The van der Waals surface area contributed by atoms with Crippen molar-refractivity contribution in [2.24, 2.45) is 0 Å². The highest BCUT2D eigenvalue weighted by molar-refractivity contribution is 9.10. The Balaban J connectivity index is 2.02. The molecule has 0 saturated heterocycles. The monoisotopic (exact) mass is 374 g/mol. The van der Waals surface area contributed by atoms with Crippen LogP contribution in [-0.2, 0) is 0 Å². The van der Waals surface area contributed by atoms with Gasteiger partial charge < -0.3 is 0 Å². The van der Waals surface area contributed by atoms with Crippen molar-refractivity contribution in [1.82, 2.24) is 9.97 Å².